The number of ether oxygens (including phenoxy) is 1. The van der Waals surface area contributed by atoms with Crippen LogP contribution in [0.15, 0.2) is 29.3 Å². The molecule has 1 aliphatic rings. The maximum atomic E-state index is 5.11. The third-order valence-electron chi connectivity index (χ3n) is 5.55. The van der Waals surface area contributed by atoms with Gasteiger partial charge in [0.2, 0.25) is 0 Å². The number of hydrogen-bond acceptors (Lipinski definition) is 4. The topological polar surface area (TPSA) is 52.1 Å². The maximum Gasteiger partial charge on any atom is 0.191 e. The number of halogens is 1. The summed E-state index contributed by atoms with van der Waals surface area (Å²) in [5, 5.41) is 6.96. The van der Waals surface area contributed by atoms with Gasteiger partial charge in [0.15, 0.2) is 5.96 Å². The fraction of sp³-hybridized carbons (Fsp3) is 0.682. The van der Waals surface area contributed by atoms with E-state index in [4.69, 9.17) is 4.74 Å². The summed E-state index contributed by atoms with van der Waals surface area (Å²) in [7, 11) is 5.74. The molecule has 0 amide bonds. The van der Waals surface area contributed by atoms with Gasteiger partial charge in [-0.05, 0) is 37.4 Å². The molecule has 1 heterocycles. The van der Waals surface area contributed by atoms with Gasteiger partial charge in [-0.2, -0.15) is 0 Å². The highest BCUT2D eigenvalue weighted by Gasteiger charge is 2.22. The Kier molecular flexibility index (Phi) is 13.5. The highest BCUT2D eigenvalue weighted by molar-refractivity contribution is 14.0. The smallest absolute Gasteiger partial charge is 0.191 e. The predicted molar refractivity (Wildman–Crippen MR) is 133 cm³/mol. The van der Waals surface area contributed by atoms with E-state index in [1.165, 1.54) is 11.1 Å². The molecular weight excluding hydrogens is 477 g/mol. The molecule has 0 saturated heterocycles. The lowest BCUT2D eigenvalue weighted by Gasteiger charge is -2.35. The Bertz CT molecular complexity index is 598. The van der Waals surface area contributed by atoms with Gasteiger partial charge in [-0.15, -0.1) is 24.0 Å². The molecule has 0 bridgehead atoms. The first-order chi connectivity index (χ1) is 13.7. The number of likely N-dealkylation sites (N-methyl/N-ethyl adjacent to an activating group) is 1. The van der Waals surface area contributed by atoms with Crippen LogP contribution >= 0.6 is 24.0 Å². The van der Waals surface area contributed by atoms with Gasteiger partial charge in [0.05, 0.1) is 0 Å². The Balaban J connectivity index is 0.00000420. The molecule has 0 aliphatic carbocycles. The van der Waals surface area contributed by atoms with Gasteiger partial charge < -0.3 is 20.3 Å². The van der Waals surface area contributed by atoms with Crippen LogP contribution in [-0.2, 0) is 17.7 Å². The summed E-state index contributed by atoms with van der Waals surface area (Å²) in [6, 6.07) is 9.36. The van der Waals surface area contributed by atoms with Crippen molar-refractivity contribution in [3.8, 4) is 0 Å². The number of guanidine groups is 1. The SMILES string of the molecule is CCC(CNC(=NC)NCCN(C)CCCOC)N1CCc2ccccc2C1.I. The van der Waals surface area contributed by atoms with Gasteiger partial charge in [-0.25, -0.2) is 0 Å². The van der Waals surface area contributed by atoms with E-state index in [9.17, 15) is 0 Å². The number of fused-ring (bicyclic) bond motifs is 1. The van der Waals surface area contributed by atoms with E-state index in [-0.39, 0.29) is 24.0 Å². The van der Waals surface area contributed by atoms with Gasteiger partial charge in [-0.3, -0.25) is 9.89 Å². The molecule has 1 aromatic rings. The number of nitrogens with one attached hydrogen (secondary N) is 2. The van der Waals surface area contributed by atoms with Crippen molar-refractivity contribution in [1.29, 1.82) is 0 Å². The molecule has 166 valence electrons. The zero-order chi connectivity index (χ0) is 20.2. The number of nitrogens with zero attached hydrogens (tertiary/aromatic N) is 3. The Labute approximate surface area is 194 Å². The van der Waals surface area contributed by atoms with Crippen molar-refractivity contribution in [2.75, 3.05) is 60.5 Å². The zero-order valence-electron chi connectivity index (χ0n) is 18.6. The largest absolute Gasteiger partial charge is 0.385 e. The van der Waals surface area contributed by atoms with Gasteiger partial charge in [0.1, 0.15) is 0 Å². The van der Waals surface area contributed by atoms with Crippen LogP contribution < -0.4 is 10.6 Å². The highest BCUT2D eigenvalue weighted by Crippen LogP contribution is 2.21. The number of methoxy groups -OCH3 is 1. The van der Waals surface area contributed by atoms with Crippen LogP contribution in [0, 0.1) is 0 Å². The summed E-state index contributed by atoms with van der Waals surface area (Å²) in [5.41, 5.74) is 2.99. The fourth-order valence-corrected chi connectivity index (χ4v) is 3.75. The second kappa shape index (κ2) is 15.0. The molecule has 0 fully saturated rings. The van der Waals surface area contributed by atoms with E-state index in [1.54, 1.807) is 7.11 Å². The van der Waals surface area contributed by atoms with Crippen LogP contribution in [0.5, 0.6) is 0 Å². The van der Waals surface area contributed by atoms with Crippen molar-refractivity contribution < 1.29 is 4.74 Å². The quantitative estimate of drug-likeness (QED) is 0.205. The molecule has 2 rings (SSSR count). The molecule has 0 aromatic heterocycles. The van der Waals surface area contributed by atoms with E-state index in [0.717, 1.165) is 71.1 Å². The standard InChI is InChI=1S/C22H39N5O.HI/c1-5-21(27-14-11-19-9-6-7-10-20(19)18-27)17-25-22(23-2)24-12-15-26(3)13-8-16-28-4;/h6-7,9-10,21H,5,8,11-18H2,1-4H3,(H2,23,24,25);1H. The van der Waals surface area contributed by atoms with Crippen LogP contribution in [-0.4, -0.2) is 82.3 Å². The third-order valence-corrected chi connectivity index (χ3v) is 5.55. The molecule has 1 unspecified atom stereocenters. The van der Waals surface area contributed by atoms with Gasteiger partial charge in [0, 0.05) is 66.1 Å². The number of rotatable bonds is 11. The minimum atomic E-state index is 0. The molecule has 1 atom stereocenters. The molecule has 1 aromatic carbocycles. The normalized spacial score (nSPS) is 15.6. The summed E-state index contributed by atoms with van der Waals surface area (Å²) < 4.78 is 5.11. The molecular formula is C22H40IN5O. The molecule has 0 radical (unpaired) electrons. The Morgan fingerprint density at radius 3 is 2.69 bits per heavy atom. The second-order valence-electron chi connectivity index (χ2n) is 7.58. The van der Waals surface area contributed by atoms with E-state index < -0.39 is 0 Å². The van der Waals surface area contributed by atoms with Crippen molar-refractivity contribution in [3.63, 3.8) is 0 Å². The summed E-state index contributed by atoms with van der Waals surface area (Å²) in [5.74, 6) is 0.890. The first kappa shape index (κ1) is 26.1. The molecule has 0 spiro atoms. The van der Waals surface area contributed by atoms with E-state index in [2.05, 4.69) is 63.7 Å². The summed E-state index contributed by atoms with van der Waals surface area (Å²) >= 11 is 0. The molecule has 7 heteroatoms. The van der Waals surface area contributed by atoms with Crippen molar-refractivity contribution in [1.82, 2.24) is 20.4 Å². The van der Waals surface area contributed by atoms with Crippen LogP contribution in [0.1, 0.15) is 30.9 Å². The second-order valence-corrected chi connectivity index (χ2v) is 7.58. The van der Waals surface area contributed by atoms with Gasteiger partial charge in [0.25, 0.3) is 0 Å². The summed E-state index contributed by atoms with van der Waals surface area (Å²) in [6.07, 6.45) is 3.35. The number of aliphatic imine (C=N–C) groups is 1. The van der Waals surface area contributed by atoms with Crippen molar-refractivity contribution in [2.24, 2.45) is 4.99 Å². The Hall–Kier alpha value is -0.900. The van der Waals surface area contributed by atoms with Crippen molar-refractivity contribution >= 4 is 29.9 Å². The molecule has 29 heavy (non-hydrogen) atoms. The summed E-state index contributed by atoms with van der Waals surface area (Å²) in [6.45, 7) is 9.13. The number of hydrogen-bond donors (Lipinski definition) is 2. The van der Waals surface area contributed by atoms with Crippen LogP contribution in [0.4, 0.5) is 0 Å². The summed E-state index contributed by atoms with van der Waals surface area (Å²) in [4.78, 5) is 9.31. The van der Waals surface area contributed by atoms with E-state index >= 15 is 0 Å². The lowest BCUT2D eigenvalue weighted by atomic mass is 9.98. The fourth-order valence-electron chi connectivity index (χ4n) is 3.75. The van der Waals surface area contributed by atoms with Crippen molar-refractivity contribution in [3.05, 3.63) is 35.4 Å². The van der Waals surface area contributed by atoms with Gasteiger partial charge >= 0.3 is 0 Å². The molecule has 0 saturated carbocycles. The average Bonchev–Trinajstić information content (AvgIpc) is 2.73. The molecule has 2 N–H and O–H groups in total. The Morgan fingerprint density at radius 2 is 2.00 bits per heavy atom. The minimum absolute atomic E-state index is 0. The van der Waals surface area contributed by atoms with Crippen LogP contribution in [0.3, 0.4) is 0 Å². The highest BCUT2D eigenvalue weighted by atomic mass is 127. The van der Waals surface area contributed by atoms with Crippen LogP contribution in [0.25, 0.3) is 0 Å². The molecule has 1 aliphatic heterocycles. The van der Waals surface area contributed by atoms with E-state index in [0.29, 0.717) is 6.04 Å². The average molecular weight is 518 g/mol. The minimum Gasteiger partial charge on any atom is -0.385 e. The zero-order valence-corrected chi connectivity index (χ0v) is 20.9. The lowest BCUT2D eigenvalue weighted by Crippen LogP contribution is -2.49. The molecule has 6 nitrogen and oxygen atoms in total. The van der Waals surface area contributed by atoms with Crippen molar-refractivity contribution in [2.45, 2.75) is 38.8 Å². The number of benzene rings is 1. The first-order valence-corrected chi connectivity index (χ1v) is 10.6. The van der Waals surface area contributed by atoms with Gasteiger partial charge in [-0.1, -0.05) is 31.2 Å². The maximum absolute atomic E-state index is 5.11. The monoisotopic (exact) mass is 517 g/mol. The van der Waals surface area contributed by atoms with Crippen LogP contribution in [0.2, 0.25) is 0 Å². The van der Waals surface area contributed by atoms with E-state index in [1.807, 2.05) is 7.05 Å². The third kappa shape index (κ3) is 9.19. The predicted octanol–water partition coefficient (Wildman–Crippen LogP) is 2.57. The lowest BCUT2D eigenvalue weighted by molar-refractivity contribution is 0.174. The first-order valence-electron chi connectivity index (χ1n) is 10.6. The Morgan fingerprint density at radius 1 is 1.24 bits per heavy atom.